The normalized spacial score (nSPS) is 15.4. The molecule has 0 spiro atoms. The van der Waals surface area contributed by atoms with Gasteiger partial charge in [-0.2, -0.15) is 0 Å². The monoisotopic (exact) mass is 353 g/mol. The van der Waals surface area contributed by atoms with Crippen LogP contribution in [0.5, 0.6) is 0 Å². The van der Waals surface area contributed by atoms with E-state index in [1.165, 1.54) is 16.3 Å². The Morgan fingerprint density at radius 1 is 1.28 bits per heavy atom. The second kappa shape index (κ2) is 6.19. The number of thioether (sulfide) groups is 1. The first-order valence-corrected chi connectivity index (χ1v) is 9.27. The fourth-order valence-electron chi connectivity index (χ4n) is 2.80. The van der Waals surface area contributed by atoms with E-state index < -0.39 is 0 Å². The summed E-state index contributed by atoms with van der Waals surface area (Å²) in [5, 5.41) is 5.93. The molecule has 2 aromatic carbocycles. The molecule has 1 fully saturated rings. The van der Waals surface area contributed by atoms with Crippen LogP contribution in [0.2, 0.25) is 0 Å². The number of benzene rings is 2. The number of nitrogens with one attached hydrogen (secondary N) is 1. The second-order valence-electron chi connectivity index (χ2n) is 6.52. The van der Waals surface area contributed by atoms with Gasteiger partial charge in [0.15, 0.2) is 5.16 Å². The molecule has 1 aliphatic carbocycles. The smallest absolute Gasteiger partial charge is 0.261 e. The van der Waals surface area contributed by atoms with Crippen LogP contribution in [0, 0.1) is 0 Å². The summed E-state index contributed by atoms with van der Waals surface area (Å²) in [6, 6.07) is 12.1. The number of carbonyl (C=O) groups is 1. The number of carbonyl (C=O) groups excluding carboxylic acids is 1. The van der Waals surface area contributed by atoms with Crippen molar-refractivity contribution >= 4 is 39.3 Å². The molecule has 25 heavy (non-hydrogen) atoms. The van der Waals surface area contributed by atoms with E-state index in [1.54, 1.807) is 7.05 Å². The second-order valence-corrected chi connectivity index (χ2v) is 7.83. The Kier molecular flexibility index (Phi) is 4.00. The van der Waals surface area contributed by atoms with Gasteiger partial charge in [0.2, 0.25) is 5.91 Å². The molecule has 0 unspecified atom stereocenters. The van der Waals surface area contributed by atoms with E-state index in [9.17, 15) is 9.59 Å². The Balaban J connectivity index is 1.73. The Labute approximate surface area is 149 Å². The van der Waals surface area contributed by atoms with Crippen LogP contribution in [-0.2, 0) is 11.8 Å². The Bertz CT molecular complexity index is 1040. The van der Waals surface area contributed by atoms with Crippen molar-refractivity contribution in [3.8, 4) is 0 Å². The molecule has 5 nitrogen and oxygen atoms in total. The van der Waals surface area contributed by atoms with Gasteiger partial charge in [0.25, 0.3) is 5.56 Å². The van der Waals surface area contributed by atoms with Crippen molar-refractivity contribution in [2.24, 2.45) is 7.05 Å². The minimum absolute atomic E-state index is 0.000331. The number of fused-ring (bicyclic) bond motifs is 2. The highest BCUT2D eigenvalue weighted by Gasteiger charge is 2.26. The quantitative estimate of drug-likeness (QED) is 0.445. The van der Waals surface area contributed by atoms with Gasteiger partial charge in [0, 0.05) is 13.1 Å². The number of amides is 1. The van der Waals surface area contributed by atoms with Crippen molar-refractivity contribution in [1.82, 2.24) is 14.9 Å². The minimum Gasteiger partial charge on any atom is -0.352 e. The number of hydrogen-bond donors (Lipinski definition) is 1. The first kappa shape index (κ1) is 16.1. The van der Waals surface area contributed by atoms with Crippen molar-refractivity contribution in [2.45, 2.75) is 36.2 Å². The summed E-state index contributed by atoms with van der Waals surface area (Å²) in [6.07, 6.45) is 2.12. The van der Waals surface area contributed by atoms with Crippen molar-refractivity contribution < 1.29 is 4.79 Å². The third-order valence-electron chi connectivity index (χ3n) is 4.48. The molecule has 0 saturated heterocycles. The Morgan fingerprint density at radius 3 is 2.64 bits per heavy atom. The Hall–Kier alpha value is -2.34. The molecule has 1 N–H and O–H groups in total. The molecule has 1 saturated carbocycles. The van der Waals surface area contributed by atoms with Crippen LogP contribution < -0.4 is 10.9 Å². The van der Waals surface area contributed by atoms with Gasteiger partial charge in [-0.1, -0.05) is 36.0 Å². The van der Waals surface area contributed by atoms with Gasteiger partial charge >= 0.3 is 0 Å². The molecule has 1 amide bonds. The standard InChI is InChI=1S/C19H19N3O2S/c1-11(17(23)20-14-7-8-14)25-19-21-16-10-13-6-4-3-5-12(13)9-15(16)18(24)22(19)2/h3-6,9-11,14H,7-8H2,1-2H3,(H,20,23)/t11-/m1/s1. The molecule has 1 aliphatic rings. The van der Waals surface area contributed by atoms with Gasteiger partial charge in [-0.3, -0.25) is 14.2 Å². The van der Waals surface area contributed by atoms with Crippen LogP contribution >= 0.6 is 11.8 Å². The molecule has 1 heterocycles. The summed E-state index contributed by atoms with van der Waals surface area (Å²) < 4.78 is 1.53. The fraction of sp³-hybridized carbons (Fsp3) is 0.316. The summed E-state index contributed by atoms with van der Waals surface area (Å²) in [5.74, 6) is 0.000331. The topological polar surface area (TPSA) is 64.0 Å². The molecule has 4 rings (SSSR count). The number of rotatable bonds is 4. The maximum absolute atomic E-state index is 12.7. The van der Waals surface area contributed by atoms with Gasteiger partial charge in [0.05, 0.1) is 16.2 Å². The minimum atomic E-state index is -0.295. The first-order valence-electron chi connectivity index (χ1n) is 8.39. The van der Waals surface area contributed by atoms with Crippen molar-refractivity contribution in [3.05, 3.63) is 46.8 Å². The van der Waals surface area contributed by atoms with Gasteiger partial charge in [-0.05, 0) is 42.7 Å². The zero-order valence-electron chi connectivity index (χ0n) is 14.2. The largest absolute Gasteiger partial charge is 0.352 e. The zero-order chi connectivity index (χ0) is 17.6. The summed E-state index contributed by atoms with van der Waals surface area (Å²) >= 11 is 1.32. The lowest BCUT2D eigenvalue weighted by atomic mass is 10.1. The van der Waals surface area contributed by atoms with Crippen LogP contribution in [0.25, 0.3) is 21.7 Å². The lowest BCUT2D eigenvalue weighted by molar-refractivity contribution is -0.120. The Morgan fingerprint density at radius 2 is 1.96 bits per heavy atom. The third kappa shape index (κ3) is 3.14. The number of hydrogen-bond acceptors (Lipinski definition) is 4. The molecule has 6 heteroatoms. The van der Waals surface area contributed by atoms with E-state index in [0.29, 0.717) is 22.1 Å². The molecule has 128 valence electrons. The SMILES string of the molecule is C[C@@H](Sc1nc2cc3ccccc3cc2c(=O)n1C)C(=O)NC1CC1. The van der Waals surface area contributed by atoms with E-state index in [0.717, 1.165) is 23.6 Å². The van der Waals surface area contributed by atoms with E-state index in [-0.39, 0.29) is 16.7 Å². The predicted octanol–water partition coefficient (Wildman–Crippen LogP) is 2.85. The molecule has 0 radical (unpaired) electrons. The molecular weight excluding hydrogens is 334 g/mol. The molecule has 0 aliphatic heterocycles. The van der Waals surface area contributed by atoms with Crippen LogP contribution in [0.4, 0.5) is 0 Å². The number of aromatic nitrogens is 2. The summed E-state index contributed by atoms with van der Waals surface area (Å²) in [5.41, 5.74) is 0.576. The lowest BCUT2D eigenvalue weighted by Crippen LogP contribution is -2.33. The summed E-state index contributed by atoms with van der Waals surface area (Å²) in [4.78, 5) is 29.6. The van der Waals surface area contributed by atoms with Gasteiger partial charge in [-0.15, -0.1) is 0 Å². The molecule has 3 aromatic rings. The summed E-state index contributed by atoms with van der Waals surface area (Å²) in [7, 11) is 1.71. The average Bonchev–Trinajstić information content (AvgIpc) is 3.42. The molecular formula is C19H19N3O2S. The maximum Gasteiger partial charge on any atom is 0.261 e. The van der Waals surface area contributed by atoms with Gasteiger partial charge in [-0.25, -0.2) is 4.98 Å². The van der Waals surface area contributed by atoms with Crippen molar-refractivity contribution in [2.75, 3.05) is 0 Å². The molecule has 1 aromatic heterocycles. The van der Waals surface area contributed by atoms with Gasteiger partial charge < -0.3 is 5.32 Å². The third-order valence-corrected chi connectivity index (χ3v) is 5.62. The highest BCUT2D eigenvalue weighted by Crippen LogP contribution is 2.26. The lowest BCUT2D eigenvalue weighted by Gasteiger charge is -2.14. The predicted molar refractivity (Wildman–Crippen MR) is 101 cm³/mol. The zero-order valence-corrected chi connectivity index (χ0v) is 15.0. The van der Waals surface area contributed by atoms with Crippen LogP contribution in [0.15, 0.2) is 46.3 Å². The van der Waals surface area contributed by atoms with Crippen LogP contribution in [-0.4, -0.2) is 26.8 Å². The molecule has 1 atom stereocenters. The highest BCUT2D eigenvalue weighted by atomic mass is 32.2. The first-order chi connectivity index (χ1) is 12.0. The number of nitrogens with zero attached hydrogens (tertiary/aromatic N) is 2. The van der Waals surface area contributed by atoms with E-state index in [2.05, 4.69) is 10.3 Å². The van der Waals surface area contributed by atoms with Crippen LogP contribution in [0.1, 0.15) is 19.8 Å². The van der Waals surface area contributed by atoms with Crippen molar-refractivity contribution in [1.29, 1.82) is 0 Å². The average molecular weight is 353 g/mol. The summed E-state index contributed by atoms with van der Waals surface area (Å²) in [6.45, 7) is 1.85. The van der Waals surface area contributed by atoms with Crippen molar-refractivity contribution in [3.63, 3.8) is 0 Å². The van der Waals surface area contributed by atoms with E-state index >= 15 is 0 Å². The van der Waals surface area contributed by atoms with E-state index in [1.807, 2.05) is 43.3 Å². The van der Waals surface area contributed by atoms with E-state index in [4.69, 9.17) is 0 Å². The highest BCUT2D eigenvalue weighted by molar-refractivity contribution is 8.00. The van der Waals surface area contributed by atoms with Crippen LogP contribution in [0.3, 0.4) is 0 Å². The maximum atomic E-state index is 12.7. The van der Waals surface area contributed by atoms with Gasteiger partial charge in [0.1, 0.15) is 0 Å². The fourth-order valence-corrected chi connectivity index (χ4v) is 3.68. The molecule has 0 bridgehead atoms.